The van der Waals surface area contributed by atoms with Gasteiger partial charge in [0.1, 0.15) is 11.4 Å². The van der Waals surface area contributed by atoms with E-state index in [4.69, 9.17) is 9.88 Å². The Labute approximate surface area is 227 Å². The number of sulfonamides is 1. The molecule has 0 saturated heterocycles. The number of primary sulfonamides is 1. The summed E-state index contributed by atoms with van der Waals surface area (Å²) in [5, 5.41) is 12.7. The van der Waals surface area contributed by atoms with E-state index >= 15 is 0 Å². The monoisotopic (exact) mass is 577 g/mol. The molecule has 1 aliphatic heterocycles. The summed E-state index contributed by atoms with van der Waals surface area (Å²) in [6.07, 6.45) is -1.87. The summed E-state index contributed by atoms with van der Waals surface area (Å²) >= 11 is 0. The van der Waals surface area contributed by atoms with Crippen LogP contribution in [0.2, 0.25) is 0 Å². The smallest absolute Gasteiger partial charge is 0.422 e. The molecule has 0 fully saturated rings. The van der Waals surface area contributed by atoms with Crippen molar-refractivity contribution in [1.29, 1.82) is 0 Å². The molecule has 2 aromatic heterocycles. The zero-order valence-electron chi connectivity index (χ0n) is 21.4. The van der Waals surface area contributed by atoms with Crippen LogP contribution in [-0.4, -0.2) is 53.4 Å². The van der Waals surface area contributed by atoms with Crippen molar-refractivity contribution in [3.63, 3.8) is 0 Å². The SMILES string of the molecule is Cc1ccc(-n2nc3c(c2C(=O)CCCS(N)(=O)=O)C(=O)N[C@@]2(CCc4cc(OCC(F)(F)F)ccc42)C3)nc1. The van der Waals surface area contributed by atoms with Gasteiger partial charge in [0.2, 0.25) is 10.0 Å². The van der Waals surface area contributed by atoms with E-state index in [2.05, 4.69) is 15.4 Å². The number of carbonyl (C=O) groups is 2. The standard InChI is InChI=1S/C26H26F3N5O5S/c1-15-4-7-21(31-13-15)34-23(20(35)3-2-10-40(30,37)38)22-19(33-34)12-25(32-24(22)36)9-8-16-11-17(5-6-18(16)25)39-14-26(27,28)29/h4-7,11,13H,2-3,8-10,12,14H2,1H3,(H,32,36)(H2,30,37,38)/t25-/m0/s1. The van der Waals surface area contributed by atoms with Crippen LogP contribution in [0.1, 0.15) is 62.5 Å². The number of hydrogen-bond donors (Lipinski definition) is 2. The fraction of sp³-hybridized carbons (Fsp3) is 0.385. The highest BCUT2D eigenvalue weighted by Gasteiger charge is 2.47. The summed E-state index contributed by atoms with van der Waals surface area (Å²) < 4.78 is 66.7. The van der Waals surface area contributed by atoms with Gasteiger partial charge < -0.3 is 10.1 Å². The van der Waals surface area contributed by atoms with E-state index in [1.807, 2.05) is 6.92 Å². The van der Waals surface area contributed by atoms with Crippen molar-refractivity contribution in [3.8, 4) is 11.6 Å². The van der Waals surface area contributed by atoms with Gasteiger partial charge in [0, 0.05) is 19.0 Å². The van der Waals surface area contributed by atoms with Crippen molar-refractivity contribution in [3.05, 3.63) is 70.2 Å². The molecular formula is C26H26F3N5O5S. The molecule has 212 valence electrons. The predicted molar refractivity (Wildman–Crippen MR) is 137 cm³/mol. The zero-order chi connectivity index (χ0) is 28.9. The maximum absolute atomic E-state index is 13.6. The number of benzene rings is 1. The van der Waals surface area contributed by atoms with Gasteiger partial charge in [-0.1, -0.05) is 12.1 Å². The normalized spacial score (nSPS) is 18.4. The number of nitrogens with zero attached hydrogens (tertiary/aromatic N) is 3. The molecule has 2 aliphatic rings. The number of carbonyl (C=O) groups excluding carboxylic acids is 2. The molecule has 0 bridgehead atoms. The van der Waals surface area contributed by atoms with Gasteiger partial charge >= 0.3 is 6.18 Å². The Morgan fingerprint density at radius 3 is 2.70 bits per heavy atom. The first kappa shape index (κ1) is 27.8. The van der Waals surface area contributed by atoms with Crippen LogP contribution >= 0.6 is 0 Å². The van der Waals surface area contributed by atoms with E-state index in [1.54, 1.807) is 30.5 Å². The Balaban J connectivity index is 1.50. The molecule has 5 rings (SSSR count). The minimum atomic E-state index is -4.47. The number of ketones is 1. The number of halogens is 3. The number of nitrogens with one attached hydrogen (secondary N) is 1. The molecule has 10 nitrogen and oxygen atoms in total. The second kappa shape index (κ2) is 10.0. The number of ether oxygens (including phenoxy) is 1. The lowest BCUT2D eigenvalue weighted by Gasteiger charge is -2.35. The molecule has 1 aliphatic carbocycles. The number of alkyl halides is 3. The third kappa shape index (κ3) is 5.59. The van der Waals surface area contributed by atoms with Crippen molar-refractivity contribution >= 4 is 21.7 Å². The highest BCUT2D eigenvalue weighted by Crippen LogP contribution is 2.44. The summed E-state index contributed by atoms with van der Waals surface area (Å²) in [4.78, 5) is 31.3. The zero-order valence-corrected chi connectivity index (χ0v) is 22.2. The van der Waals surface area contributed by atoms with Crippen molar-refractivity contribution in [2.24, 2.45) is 5.14 Å². The highest BCUT2D eigenvalue weighted by molar-refractivity contribution is 7.89. The fourth-order valence-corrected chi connectivity index (χ4v) is 5.84. The lowest BCUT2D eigenvalue weighted by atomic mass is 9.82. The summed E-state index contributed by atoms with van der Waals surface area (Å²) in [7, 11) is -3.77. The van der Waals surface area contributed by atoms with E-state index in [9.17, 15) is 31.2 Å². The van der Waals surface area contributed by atoms with Crippen LogP contribution in [0.3, 0.4) is 0 Å². The molecule has 3 heterocycles. The second-order valence-corrected chi connectivity index (χ2v) is 11.8. The van der Waals surface area contributed by atoms with Crippen LogP contribution in [0, 0.1) is 6.92 Å². The van der Waals surface area contributed by atoms with Gasteiger partial charge in [-0.15, -0.1) is 0 Å². The Morgan fingerprint density at radius 1 is 1.25 bits per heavy atom. The van der Waals surface area contributed by atoms with E-state index in [1.165, 1.54) is 10.7 Å². The minimum Gasteiger partial charge on any atom is -0.484 e. The maximum Gasteiger partial charge on any atom is 0.422 e. The molecule has 3 aromatic rings. The van der Waals surface area contributed by atoms with Gasteiger partial charge in [0.25, 0.3) is 5.91 Å². The quantitative estimate of drug-likeness (QED) is 0.392. The van der Waals surface area contributed by atoms with Crippen LogP contribution in [0.25, 0.3) is 5.82 Å². The van der Waals surface area contributed by atoms with Gasteiger partial charge in [0.15, 0.2) is 18.2 Å². The molecule has 1 spiro atoms. The summed E-state index contributed by atoms with van der Waals surface area (Å²) in [5.41, 5.74) is 1.97. The number of amides is 1. The molecule has 14 heteroatoms. The average molecular weight is 578 g/mol. The summed E-state index contributed by atoms with van der Waals surface area (Å²) in [5.74, 6) is -1.00. The number of nitrogens with two attached hydrogens (primary N) is 1. The predicted octanol–water partition coefficient (Wildman–Crippen LogP) is 2.90. The number of Topliss-reactive ketones (excluding diaryl/α,β-unsaturated/α-hetero) is 1. The van der Waals surface area contributed by atoms with Crippen LogP contribution in [0.5, 0.6) is 5.75 Å². The van der Waals surface area contributed by atoms with Crippen molar-refractivity contribution in [2.45, 2.75) is 50.7 Å². The number of fused-ring (bicyclic) bond motifs is 3. The molecular weight excluding hydrogens is 551 g/mol. The Morgan fingerprint density at radius 2 is 2.02 bits per heavy atom. The highest BCUT2D eigenvalue weighted by atomic mass is 32.2. The van der Waals surface area contributed by atoms with E-state index in [-0.39, 0.29) is 36.3 Å². The van der Waals surface area contributed by atoms with Gasteiger partial charge in [0.05, 0.1) is 22.5 Å². The third-order valence-corrected chi connectivity index (χ3v) is 7.89. The molecule has 40 heavy (non-hydrogen) atoms. The summed E-state index contributed by atoms with van der Waals surface area (Å²) in [6.45, 7) is 0.439. The number of hydrogen-bond acceptors (Lipinski definition) is 7. The van der Waals surface area contributed by atoms with Crippen molar-refractivity contribution < 1.29 is 35.9 Å². The molecule has 0 radical (unpaired) electrons. The number of pyridine rings is 1. The fourth-order valence-electron chi connectivity index (χ4n) is 5.29. The molecule has 3 N–H and O–H groups in total. The molecule has 0 saturated carbocycles. The second-order valence-electron chi connectivity index (χ2n) is 10.1. The van der Waals surface area contributed by atoms with Crippen LogP contribution in [0.4, 0.5) is 13.2 Å². The van der Waals surface area contributed by atoms with Gasteiger partial charge in [-0.3, -0.25) is 9.59 Å². The minimum absolute atomic E-state index is 0.00208. The average Bonchev–Trinajstić information content (AvgIpc) is 3.41. The Hall–Kier alpha value is -3.78. The first-order valence-corrected chi connectivity index (χ1v) is 14.2. The van der Waals surface area contributed by atoms with Gasteiger partial charge in [-0.25, -0.2) is 23.2 Å². The topological polar surface area (TPSA) is 146 Å². The Bertz CT molecular complexity index is 1600. The van der Waals surface area contributed by atoms with Crippen LogP contribution in [0.15, 0.2) is 36.5 Å². The molecule has 1 aromatic carbocycles. The van der Waals surface area contributed by atoms with Crippen LogP contribution < -0.4 is 15.2 Å². The third-order valence-electron chi connectivity index (χ3n) is 7.03. The first-order valence-electron chi connectivity index (χ1n) is 12.5. The number of rotatable bonds is 8. The van der Waals surface area contributed by atoms with Gasteiger partial charge in [-0.2, -0.15) is 18.3 Å². The largest absolute Gasteiger partial charge is 0.484 e. The summed E-state index contributed by atoms with van der Waals surface area (Å²) in [6, 6.07) is 8.08. The maximum atomic E-state index is 13.6. The molecule has 0 unspecified atom stereocenters. The molecule has 1 atom stereocenters. The van der Waals surface area contributed by atoms with E-state index in [0.29, 0.717) is 24.4 Å². The van der Waals surface area contributed by atoms with Crippen LogP contribution in [-0.2, 0) is 28.4 Å². The van der Waals surface area contributed by atoms with Gasteiger partial charge in [-0.05, 0) is 61.1 Å². The van der Waals surface area contributed by atoms with E-state index < -0.39 is 45.8 Å². The van der Waals surface area contributed by atoms with Crippen molar-refractivity contribution in [2.75, 3.05) is 12.4 Å². The first-order chi connectivity index (χ1) is 18.7. The van der Waals surface area contributed by atoms with E-state index in [0.717, 1.165) is 16.7 Å². The van der Waals surface area contributed by atoms with Crippen molar-refractivity contribution in [1.82, 2.24) is 20.1 Å². The lowest BCUT2D eigenvalue weighted by molar-refractivity contribution is -0.153. The Kier molecular flexibility index (Phi) is 6.94. The molecule has 1 amide bonds. The number of aromatic nitrogens is 3. The number of aryl methyl sites for hydroxylation is 2. The lowest BCUT2D eigenvalue weighted by Crippen LogP contribution is -2.50.